The lowest BCUT2D eigenvalue weighted by Gasteiger charge is -2.29. The number of unbranched alkanes of at least 4 members (excludes halogenated alkanes) is 15. The molecule has 0 aliphatic carbocycles. The summed E-state index contributed by atoms with van der Waals surface area (Å²) in [6.07, 6.45) is 23.5. The van der Waals surface area contributed by atoms with E-state index in [1.54, 1.807) is 85.8 Å². The summed E-state index contributed by atoms with van der Waals surface area (Å²) in [4.78, 5) is 70.9. The summed E-state index contributed by atoms with van der Waals surface area (Å²) in [5, 5.41) is 0. The van der Waals surface area contributed by atoms with Gasteiger partial charge < -0.3 is 42.6 Å². The average molecular weight is 1170 g/mol. The van der Waals surface area contributed by atoms with E-state index in [1.807, 2.05) is 48.5 Å². The molecule has 0 heterocycles. The average Bonchev–Trinajstić information content (AvgIpc) is 3.71. The van der Waals surface area contributed by atoms with Crippen LogP contribution < -0.4 is 18.9 Å². The molecular weight excluding hydrogens is 1080 g/mol. The molecule has 0 fully saturated rings. The van der Waals surface area contributed by atoms with Crippen molar-refractivity contribution in [3.05, 3.63) is 193 Å². The highest BCUT2D eigenvalue weighted by Gasteiger charge is 2.41. The molecule has 0 N–H and O–H groups in total. The molecule has 5 aromatic rings. The molecule has 0 spiro atoms. The molecule has 0 unspecified atom stereocenters. The van der Waals surface area contributed by atoms with Crippen molar-refractivity contribution in [1.29, 1.82) is 0 Å². The molecule has 0 saturated carbocycles. The summed E-state index contributed by atoms with van der Waals surface area (Å²) in [6.45, 7) is 16.5. The maximum Gasteiger partial charge on any atom is 0.343 e. The van der Waals surface area contributed by atoms with Gasteiger partial charge in [0.2, 0.25) is 5.78 Å². The van der Waals surface area contributed by atoms with Gasteiger partial charge in [-0.2, -0.15) is 0 Å². The van der Waals surface area contributed by atoms with Crippen molar-refractivity contribution in [1.82, 2.24) is 0 Å². The normalized spacial score (nSPS) is 10.5. The van der Waals surface area contributed by atoms with Gasteiger partial charge in [-0.3, -0.25) is 4.79 Å². The molecule has 0 radical (unpaired) electrons. The molecule has 15 heteroatoms. The first kappa shape index (κ1) is 71.1. The quantitative estimate of drug-likeness (QED) is 0.00687. The van der Waals surface area contributed by atoms with Crippen molar-refractivity contribution in [3.8, 4) is 23.0 Å². The van der Waals surface area contributed by atoms with Crippen LogP contribution in [-0.2, 0) is 43.9 Å². The zero-order valence-corrected chi connectivity index (χ0v) is 50.4. The second-order valence-corrected chi connectivity index (χ2v) is 19.7. The van der Waals surface area contributed by atoms with Crippen LogP contribution in [0, 0.1) is 6.92 Å². The molecule has 0 aliphatic rings. The first-order valence-electron chi connectivity index (χ1n) is 29.5. The van der Waals surface area contributed by atoms with Crippen LogP contribution in [-0.4, -0.2) is 82.9 Å². The first-order valence-corrected chi connectivity index (χ1v) is 29.5. The van der Waals surface area contributed by atoms with Gasteiger partial charge in [-0.05, 0) is 137 Å². The van der Waals surface area contributed by atoms with Crippen molar-refractivity contribution >= 4 is 35.6 Å². The molecule has 0 aliphatic heterocycles. The van der Waals surface area contributed by atoms with E-state index in [9.17, 15) is 28.8 Å². The predicted octanol–water partition coefficient (Wildman–Crippen LogP) is 15.4. The number of ketones is 1. The third-order valence-corrected chi connectivity index (χ3v) is 13.1. The molecule has 458 valence electrons. The highest BCUT2D eigenvalue weighted by Crippen LogP contribution is 2.31. The topological polar surface area (TPSA) is 185 Å². The molecule has 0 amide bonds. The Hall–Kier alpha value is -8.14. The Kier molecular flexibility index (Phi) is 36.4. The van der Waals surface area contributed by atoms with E-state index in [0.29, 0.717) is 83.8 Å². The van der Waals surface area contributed by atoms with Crippen LogP contribution in [0.3, 0.4) is 0 Å². The second-order valence-electron chi connectivity index (χ2n) is 19.7. The fourth-order valence-electron chi connectivity index (χ4n) is 8.35. The monoisotopic (exact) mass is 1170 g/mol. The van der Waals surface area contributed by atoms with E-state index in [-0.39, 0.29) is 11.8 Å². The van der Waals surface area contributed by atoms with E-state index in [0.717, 1.165) is 69.9 Å². The highest BCUT2D eigenvalue weighted by molar-refractivity contribution is 6.02. The van der Waals surface area contributed by atoms with Gasteiger partial charge in [-0.1, -0.05) is 145 Å². The van der Waals surface area contributed by atoms with Crippen LogP contribution >= 0.6 is 0 Å². The van der Waals surface area contributed by atoms with Crippen LogP contribution in [0.1, 0.15) is 165 Å². The Morgan fingerprint density at radius 2 is 0.776 bits per heavy atom. The largest absolute Gasteiger partial charge is 0.494 e. The van der Waals surface area contributed by atoms with Gasteiger partial charge in [0.25, 0.3) is 5.79 Å². The molecule has 5 aromatic carbocycles. The molecule has 15 nitrogen and oxygen atoms in total. The van der Waals surface area contributed by atoms with E-state index in [4.69, 9.17) is 42.6 Å². The maximum atomic E-state index is 12.8. The van der Waals surface area contributed by atoms with Gasteiger partial charge in [-0.25, -0.2) is 24.0 Å². The van der Waals surface area contributed by atoms with E-state index < -0.39 is 29.7 Å². The Morgan fingerprint density at radius 3 is 1.16 bits per heavy atom. The molecule has 0 bridgehead atoms. The molecule has 0 aromatic heterocycles. The number of rotatable bonds is 39. The number of esters is 5. The maximum absolute atomic E-state index is 12.8. The number of methoxy groups -OCH3 is 2. The second kappa shape index (κ2) is 43.5. The first-order chi connectivity index (χ1) is 41.3. The number of Topliss-reactive ketones (excluding diaryl/α,β-unsaturated/α-hetero) is 1. The third kappa shape index (κ3) is 28.8. The van der Waals surface area contributed by atoms with E-state index >= 15 is 0 Å². The van der Waals surface area contributed by atoms with Gasteiger partial charge >= 0.3 is 29.8 Å². The van der Waals surface area contributed by atoms with Gasteiger partial charge in [0.1, 0.15) is 23.0 Å². The summed E-state index contributed by atoms with van der Waals surface area (Å²) in [7, 11) is 2.94. The van der Waals surface area contributed by atoms with Gasteiger partial charge in [-0.15, -0.1) is 0 Å². The zero-order chi connectivity index (χ0) is 61.8. The van der Waals surface area contributed by atoms with Crippen LogP contribution in [0.25, 0.3) is 0 Å². The highest BCUT2D eigenvalue weighted by atomic mass is 16.7. The van der Waals surface area contributed by atoms with Crippen molar-refractivity contribution < 1.29 is 71.4 Å². The van der Waals surface area contributed by atoms with Crippen LogP contribution in [0.15, 0.2) is 165 Å². The van der Waals surface area contributed by atoms with Crippen LogP contribution in [0.4, 0.5) is 0 Å². The fraction of sp³-hybridized carbons (Fsp3) is 0.400. The number of carbonyl (C=O) groups is 6. The smallest absolute Gasteiger partial charge is 0.343 e. The Bertz CT molecular complexity index is 2730. The minimum absolute atomic E-state index is 0.218. The van der Waals surface area contributed by atoms with Crippen LogP contribution in [0.2, 0.25) is 0 Å². The molecular formula is C70H88O15. The summed E-state index contributed by atoms with van der Waals surface area (Å²) in [6, 6.07) is 36.4. The van der Waals surface area contributed by atoms with Crippen molar-refractivity contribution in [2.75, 3.05) is 47.3 Å². The van der Waals surface area contributed by atoms with Crippen molar-refractivity contribution in [3.63, 3.8) is 0 Å². The minimum atomic E-state index is -1.40. The number of aryl methyl sites for hydroxylation is 1. The number of carbonyl (C=O) groups excluding carboxylic acids is 6. The lowest BCUT2D eigenvalue weighted by Crippen LogP contribution is -2.39. The minimum Gasteiger partial charge on any atom is -0.494 e. The Morgan fingerprint density at radius 1 is 0.412 bits per heavy atom. The van der Waals surface area contributed by atoms with Crippen molar-refractivity contribution in [2.24, 2.45) is 0 Å². The van der Waals surface area contributed by atoms with E-state index in [2.05, 4.69) is 26.7 Å². The number of hydrogen-bond donors (Lipinski definition) is 0. The summed E-state index contributed by atoms with van der Waals surface area (Å²) < 4.78 is 48.3. The number of hydrogen-bond acceptors (Lipinski definition) is 15. The van der Waals surface area contributed by atoms with Gasteiger partial charge in [0, 0.05) is 43.6 Å². The summed E-state index contributed by atoms with van der Waals surface area (Å²) >= 11 is 0. The van der Waals surface area contributed by atoms with Gasteiger partial charge in [0.15, 0.2) is 0 Å². The number of ether oxygens (including phenoxy) is 9. The Balaban J connectivity index is 0.000000425. The van der Waals surface area contributed by atoms with E-state index in [1.165, 1.54) is 78.1 Å². The molecule has 85 heavy (non-hydrogen) atoms. The third-order valence-electron chi connectivity index (χ3n) is 13.1. The Labute approximate surface area is 503 Å². The number of benzene rings is 5. The fourth-order valence-corrected chi connectivity index (χ4v) is 8.35. The molecule has 0 saturated heterocycles. The SMILES string of the molecule is C=CC(=O)OCCCCCCCCCCCC.C=CC(=O)OCCCCCCOc1ccc(C(=O)Oc2ccc(OC(=O)c3ccc(OCCCCCCOC(=O)C=C)cc3)c(C)c2)cc1.COC(OC)(C(=O)c1ccccc1)c1ccccc1. The van der Waals surface area contributed by atoms with Crippen LogP contribution in [0.5, 0.6) is 23.0 Å². The standard InChI is InChI=1S/C39H44O10.C16H16O3.C15H28O2/c1-4-36(40)46-26-12-8-6-10-24-44-32-18-14-30(15-19-32)38(42)48-34-22-23-35(29(3)28-34)49-39(43)31-16-20-33(21-17-31)45-25-11-7-9-13-27-47-37(41)5-2;1-18-16(19-2,14-11-7-4-8-12-14)15(17)13-9-5-3-6-10-13;1-3-5-6-7-8-9-10-11-12-13-14-17-15(16)4-2/h4-5,14-23,28H,1-2,6-13,24-27H2,3H3;3-12H,1-2H3;4H,2-3,5-14H2,1H3. The lowest BCUT2D eigenvalue weighted by atomic mass is 9.96. The van der Waals surface area contributed by atoms with Crippen molar-refractivity contribution in [2.45, 2.75) is 135 Å². The summed E-state index contributed by atoms with van der Waals surface area (Å²) in [5.41, 5.74) is 2.58. The molecule has 5 rings (SSSR count). The lowest BCUT2D eigenvalue weighted by molar-refractivity contribution is -0.176. The zero-order valence-electron chi connectivity index (χ0n) is 50.4. The molecule has 0 atom stereocenters. The predicted molar refractivity (Wildman–Crippen MR) is 330 cm³/mol. The van der Waals surface area contributed by atoms with Gasteiger partial charge in [0.05, 0.1) is 44.2 Å². The summed E-state index contributed by atoms with van der Waals surface area (Å²) in [5.74, 6) is -1.82.